The number of aryl methyl sites for hydroxylation is 1. The molecule has 3 N–H and O–H groups in total. The van der Waals surface area contributed by atoms with Crippen LogP contribution in [0.5, 0.6) is 0 Å². The first-order valence-corrected chi connectivity index (χ1v) is 7.11. The largest absolute Gasteiger partial charge is 0.481 e. The molecule has 0 spiro atoms. The quantitative estimate of drug-likeness (QED) is 0.687. The molecule has 0 saturated carbocycles. The zero-order chi connectivity index (χ0) is 17.0. The molecule has 2 rings (SSSR count). The van der Waals surface area contributed by atoms with Gasteiger partial charge in [-0.15, -0.1) is 0 Å². The molecule has 0 fully saturated rings. The first-order chi connectivity index (χ1) is 10.9. The van der Waals surface area contributed by atoms with Crippen molar-refractivity contribution in [2.24, 2.45) is 5.92 Å². The molecule has 2 aromatic rings. The number of aromatic amines is 1. The van der Waals surface area contributed by atoms with Crippen LogP contribution >= 0.6 is 0 Å². The van der Waals surface area contributed by atoms with Crippen LogP contribution in [0, 0.1) is 5.92 Å². The van der Waals surface area contributed by atoms with Gasteiger partial charge in [0.15, 0.2) is 0 Å². The van der Waals surface area contributed by atoms with Crippen molar-refractivity contribution in [3.8, 4) is 0 Å². The van der Waals surface area contributed by atoms with Crippen molar-refractivity contribution >= 4 is 22.8 Å². The van der Waals surface area contributed by atoms with Gasteiger partial charge in [0.1, 0.15) is 0 Å². The summed E-state index contributed by atoms with van der Waals surface area (Å²) >= 11 is 0. The highest BCUT2D eigenvalue weighted by Crippen LogP contribution is 2.07. The summed E-state index contributed by atoms with van der Waals surface area (Å²) in [6.07, 6.45) is 0.00227. The Morgan fingerprint density at radius 2 is 2.00 bits per heavy atom. The van der Waals surface area contributed by atoms with Gasteiger partial charge in [0, 0.05) is 19.5 Å². The SMILES string of the molecule is CC(CNC(=O)CCn1c(=O)[nH]c(=O)c2ccccc21)C(=O)O. The van der Waals surface area contributed by atoms with Gasteiger partial charge in [0.05, 0.1) is 16.8 Å². The lowest BCUT2D eigenvalue weighted by Crippen LogP contribution is -2.34. The summed E-state index contributed by atoms with van der Waals surface area (Å²) in [4.78, 5) is 48.3. The third-order valence-corrected chi connectivity index (χ3v) is 3.49. The van der Waals surface area contributed by atoms with E-state index in [0.29, 0.717) is 10.9 Å². The standard InChI is InChI=1S/C15H17N3O5/c1-9(14(21)22)8-16-12(19)6-7-18-11-5-3-2-4-10(11)13(20)17-15(18)23/h2-5,9H,6-8H2,1H3,(H,16,19)(H,21,22)(H,17,20,23). The van der Waals surface area contributed by atoms with Gasteiger partial charge in [-0.25, -0.2) is 4.79 Å². The second-order valence-electron chi connectivity index (χ2n) is 5.22. The summed E-state index contributed by atoms with van der Waals surface area (Å²) in [5.74, 6) is -2.04. The van der Waals surface area contributed by atoms with Crippen LogP contribution in [0.3, 0.4) is 0 Å². The zero-order valence-electron chi connectivity index (χ0n) is 12.5. The lowest BCUT2D eigenvalue weighted by Gasteiger charge is -2.11. The minimum Gasteiger partial charge on any atom is -0.481 e. The Hall–Kier alpha value is -2.90. The van der Waals surface area contributed by atoms with E-state index in [2.05, 4.69) is 10.3 Å². The Balaban J connectivity index is 2.11. The molecule has 1 amide bonds. The summed E-state index contributed by atoms with van der Waals surface area (Å²) < 4.78 is 1.32. The van der Waals surface area contributed by atoms with Gasteiger partial charge < -0.3 is 10.4 Å². The van der Waals surface area contributed by atoms with Gasteiger partial charge in [0.2, 0.25) is 5.91 Å². The molecular weight excluding hydrogens is 302 g/mol. The van der Waals surface area contributed by atoms with Crippen molar-refractivity contribution in [3.05, 3.63) is 45.1 Å². The number of carboxylic acid groups (broad SMARTS) is 1. The van der Waals surface area contributed by atoms with E-state index in [1.54, 1.807) is 24.3 Å². The number of fused-ring (bicyclic) bond motifs is 1. The van der Waals surface area contributed by atoms with E-state index >= 15 is 0 Å². The first kappa shape index (κ1) is 16.5. The number of hydrogen-bond donors (Lipinski definition) is 3. The Morgan fingerprint density at radius 1 is 1.30 bits per heavy atom. The average molecular weight is 319 g/mol. The van der Waals surface area contributed by atoms with Gasteiger partial charge in [-0.3, -0.25) is 23.9 Å². The first-order valence-electron chi connectivity index (χ1n) is 7.11. The van der Waals surface area contributed by atoms with Crippen molar-refractivity contribution in [3.63, 3.8) is 0 Å². The van der Waals surface area contributed by atoms with E-state index in [4.69, 9.17) is 5.11 Å². The Bertz CT molecular complexity index is 852. The third kappa shape index (κ3) is 3.85. The van der Waals surface area contributed by atoms with Crippen molar-refractivity contribution in [1.29, 1.82) is 0 Å². The van der Waals surface area contributed by atoms with Gasteiger partial charge in [-0.2, -0.15) is 0 Å². The van der Waals surface area contributed by atoms with Crippen LogP contribution in [0.25, 0.3) is 10.9 Å². The second kappa shape index (κ2) is 6.91. The van der Waals surface area contributed by atoms with E-state index in [1.807, 2.05) is 0 Å². The number of para-hydroxylation sites is 1. The van der Waals surface area contributed by atoms with E-state index in [-0.39, 0.29) is 25.4 Å². The Kier molecular flexibility index (Phi) is 4.95. The summed E-state index contributed by atoms with van der Waals surface area (Å²) in [5, 5.41) is 11.6. The lowest BCUT2D eigenvalue weighted by atomic mass is 10.2. The summed E-state index contributed by atoms with van der Waals surface area (Å²) in [6.45, 7) is 1.60. The number of carbonyl (C=O) groups is 2. The highest BCUT2D eigenvalue weighted by atomic mass is 16.4. The second-order valence-corrected chi connectivity index (χ2v) is 5.22. The predicted octanol–water partition coefficient (Wildman–Crippen LogP) is -0.0832. The smallest absolute Gasteiger partial charge is 0.328 e. The minimum absolute atomic E-state index is 0.00227. The molecule has 8 heteroatoms. The number of rotatable bonds is 6. The number of carbonyl (C=O) groups excluding carboxylic acids is 1. The Morgan fingerprint density at radius 3 is 2.70 bits per heavy atom. The highest BCUT2D eigenvalue weighted by molar-refractivity contribution is 5.79. The fourth-order valence-corrected chi connectivity index (χ4v) is 2.12. The normalized spacial score (nSPS) is 12.0. The lowest BCUT2D eigenvalue weighted by molar-refractivity contribution is -0.141. The monoisotopic (exact) mass is 319 g/mol. The molecule has 0 aliphatic heterocycles. The molecule has 0 radical (unpaired) electrons. The number of amides is 1. The van der Waals surface area contributed by atoms with Crippen LogP contribution in [-0.2, 0) is 16.1 Å². The number of nitrogens with zero attached hydrogens (tertiary/aromatic N) is 1. The van der Waals surface area contributed by atoms with Crippen molar-refractivity contribution < 1.29 is 14.7 Å². The van der Waals surface area contributed by atoms with Crippen LogP contribution in [0.2, 0.25) is 0 Å². The molecule has 1 aromatic heterocycles. The molecule has 1 atom stereocenters. The third-order valence-electron chi connectivity index (χ3n) is 3.49. The number of benzene rings is 1. The molecule has 1 unspecified atom stereocenters. The maximum absolute atomic E-state index is 11.9. The molecule has 0 aliphatic rings. The molecule has 1 heterocycles. The molecule has 0 saturated heterocycles. The number of hydrogen-bond acceptors (Lipinski definition) is 4. The topological polar surface area (TPSA) is 121 Å². The predicted molar refractivity (Wildman–Crippen MR) is 83.3 cm³/mol. The van der Waals surface area contributed by atoms with Crippen molar-refractivity contribution in [2.75, 3.05) is 6.54 Å². The van der Waals surface area contributed by atoms with Crippen LogP contribution < -0.4 is 16.6 Å². The summed E-state index contributed by atoms with van der Waals surface area (Å²) in [7, 11) is 0. The zero-order valence-corrected chi connectivity index (χ0v) is 12.5. The van der Waals surface area contributed by atoms with E-state index in [0.717, 1.165) is 0 Å². The minimum atomic E-state index is -0.992. The number of aromatic nitrogens is 2. The summed E-state index contributed by atoms with van der Waals surface area (Å²) in [6, 6.07) is 6.62. The Labute approximate surface area is 130 Å². The number of aliphatic carboxylic acids is 1. The molecular formula is C15H17N3O5. The van der Waals surface area contributed by atoms with Gasteiger partial charge >= 0.3 is 11.7 Å². The van der Waals surface area contributed by atoms with E-state index in [1.165, 1.54) is 11.5 Å². The number of nitrogens with one attached hydrogen (secondary N) is 2. The van der Waals surface area contributed by atoms with Crippen molar-refractivity contribution in [2.45, 2.75) is 19.9 Å². The van der Waals surface area contributed by atoms with E-state index in [9.17, 15) is 19.2 Å². The van der Waals surface area contributed by atoms with Crippen LogP contribution in [-0.4, -0.2) is 33.1 Å². The number of carboxylic acids is 1. The fraction of sp³-hybridized carbons (Fsp3) is 0.333. The maximum Gasteiger partial charge on any atom is 0.328 e. The molecule has 1 aromatic carbocycles. The molecule has 0 bridgehead atoms. The highest BCUT2D eigenvalue weighted by Gasteiger charge is 2.13. The number of H-pyrrole nitrogens is 1. The van der Waals surface area contributed by atoms with Gasteiger partial charge in [-0.1, -0.05) is 19.1 Å². The van der Waals surface area contributed by atoms with Crippen molar-refractivity contribution in [1.82, 2.24) is 14.9 Å². The van der Waals surface area contributed by atoms with Crippen LogP contribution in [0.15, 0.2) is 33.9 Å². The molecule has 23 heavy (non-hydrogen) atoms. The van der Waals surface area contributed by atoms with Crippen LogP contribution in [0.1, 0.15) is 13.3 Å². The molecule has 0 aliphatic carbocycles. The van der Waals surface area contributed by atoms with E-state index < -0.39 is 23.1 Å². The fourth-order valence-electron chi connectivity index (χ4n) is 2.12. The van der Waals surface area contributed by atoms with Gasteiger partial charge in [0.25, 0.3) is 5.56 Å². The average Bonchev–Trinajstić information content (AvgIpc) is 2.52. The molecule has 122 valence electrons. The van der Waals surface area contributed by atoms with Gasteiger partial charge in [-0.05, 0) is 12.1 Å². The summed E-state index contributed by atoms with van der Waals surface area (Å²) in [5.41, 5.74) is -0.602. The maximum atomic E-state index is 11.9. The molecule has 8 nitrogen and oxygen atoms in total. The van der Waals surface area contributed by atoms with Crippen LogP contribution in [0.4, 0.5) is 0 Å².